The highest BCUT2D eigenvalue weighted by molar-refractivity contribution is 7.92. The largest absolute Gasteiger partial charge is 0.491 e. The first kappa shape index (κ1) is 22.7. The second-order valence-electron chi connectivity index (χ2n) is 7.29. The third-order valence-corrected chi connectivity index (χ3v) is 5.84. The van der Waals surface area contributed by atoms with Crippen molar-refractivity contribution in [1.29, 1.82) is 0 Å². The lowest BCUT2D eigenvalue weighted by Gasteiger charge is -2.29. The quantitative estimate of drug-likeness (QED) is 0.678. The van der Waals surface area contributed by atoms with Crippen molar-refractivity contribution in [2.75, 3.05) is 17.2 Å². The Labute approximate surface area is 173 Å². The molecule has 0 radical (unpaired) electrons. The number of hydrogen-bond donors (Lipinski definition) is 1. The van der Waals surface area contributed by atoms with Gasteiger partial charge in [-0.3, -0.25) is 9.10 Å². The second kappa shape index (κ2) is 9.78. The van der Waals surface area contributed by atoms with E-state index in [0.717, 1.165) is 33.9 Å². The van der Waals surface area contributed by atoms with Crippen LogP contribution in [-0.2, 0) is 21.2 Å². The zero-order valence-corrected chi connectivity index (χ0v) is 18.5. The van der Waals surface area contributed by atoms with Crippen LogP contribution < -0.4 is 14.4 Å². The first-order chi connectivity index (χ1) is 13.6. The summed E-state index contributed by atoms with van der Waals surface area (Å²) in [5.41, 5.74) is 2.71. The standard InChI is InChI=1S/C22H30N2O4S/c1-6-19-9-11-20(12-10-19)24(29(5,26)27)18(4)22(25)23-17(3)15-28-21-13-7-16(2)8-14-21/h7-14,17-18H,6,15H2,1-5H3,(H,23,25)/t17-,18-/m0/s1. The Balaban J connectivity index is 2.04. The number of carbonyl (C=O) groups is 1. The average Bonchev–Trinajstić information content (AvgIpc) is 2.67. The molecule has 2 atom stereocenters. The molecule has 0 saturated heterocycles. The summed E-state index contributed by atoms with van der Waals surface area (Å²) in [7, 11) is -3.64. The van der Waals surface area contributed by atoms with Crippen molar-refractivity contribution < 1.29 is 17.9 Å². The van der Waals surface area contributed by atoms with E-state index in [1.54, 1.807) is 19.1 Å². The van der Waals surface area contributed by atoms with E-state index in [2.05, 4.69) is 5.32 Å². The Hall–Kier alpha value is -2.54. The van der Waals surface area contributed by atoms with Crippen molar-refractivity contribution in [3.63, 3.8) is 0 Å². The Bertz CT molecular complexity index is 909. The summed E-state index contributed by atoms with van der Waals surface area (Å²) in [6, 6.07) is 13.7. The van der Waals surface area contributed by atoms with Gasteiger partial charge in [0.15, 0.2) is 0 Å². The monoisotopic (exact) mass is 418 g/mol. The number of aryl methyl sites for hydroxylation is 2. The van der Waals surface area contributed by atoms with Crippen LogP contribution in [-0.4, -0.2) is 39.3 Å². The van der Waals surface area contributed by atoms with Crippen LogP contribution in [0.1, 0.15) is 31.9 Å². The Kier molecular flexibility index (Phi) is 7.67. The van der Waals surface area contributed by atoms with Crippen LogP contribution in [0, 0.1) is 6.92 Å². The first-order valence-electron chi connectivity index (χ1n) is 9.70. The van der Waals surface area contributed by atoms with E-state index in [0.29, 0.717) is 5.69 Å². The fourth-order valence-electron chi connectivity index (χ4n) is 2.95. The van der Waals surface area contributed by atoms with Crippen LogP contribution in [0.4, 0.5) is 5.69 Å². The minimum absolute atomic E-state index is 0.282. The Morgan fingerprint density at radius 1 is 1.07 bits per heavy atom. The minimum Gasteiger partial charge on any atom is -0.491 e. The zero-order valence-electron chi connectivity index (χ0n) is 17.7. The fraction of sp³-hybridized carbons (Fsp3) is 0.409. The van der Waals surface area contributed by atoms with Crippen molar-refractivity contribution >= 4 is 21.6 Å². The van der Waals surface area contributed by atoms with Crippen molar-refractivity contribution in [2.24, 2.45) is 0 Å². The normalized spacial score (nSPS) is 13.4. The highest BCUT2D eigenvalue weighted by Crippen LogP contribution is 2.22. The molecule has 0 fully saturated rings. The number of ether oxygens (including phenoxy) is 1. The maximum Gasteiger partial charge on any atom is 0.243 e. The van der Waals surface area contributed by atoms with Crippen LogP contribution >= 0.6 is 0 Å². The van der Waals surface area contributed by atoms with Crippen LogP contribution in [0.5, 0.6) is 5.75 Å². The third kappa shape index (κ3) is 6.49. The van der Waals surface area contributed by atoms with E-state index in [4.69, 9.17) is 4.74 Å². The predicted octanol–water partition coefficient (Wildman–Crippen LogP) is 3.30. The molecule has 0 heterocycles. The van der Waals surface area contributed by atoms with Gasteiger partial charge in [-0.25, -0.2) is 8.42 Å². The van der Waals surface area contributed by atoms with Gasteiger partial charge < -0.3 is 10.1 Å². The molecule has 1 N–H and O–H groups in total. The van der Waals surface area contributed by atoms with Gasteiger partial charge in [0.1, 0.15) is 18.4 Å². The minimum atomic E-state index is -3.64. The van der Waals surface area contributed by atoms with Crippen molar-refractivity contribution in [3.8, 4) is 5.75 Å². The third-order valence-electron chi connectivity index (χ3n) is 4.60. The van der Waals surface area contributed by atoms with E-state index in [1.165, 1.54) is 0 Å². The van der Waals surface area contributed by atoms with Crippen LogP contribution in [0.2, 0.25) is 0 Å². The maximum absolute atomic E-state index is 12.7. The number of carbonyl (C=O) groups excluding carboxylic acids is 1. The van der Waals surface area contributed by atoms with Crippen molar-refractivity contribution in [3.05, 3.63) is 59.7 Å². The highest BCUT2D eigenvalue weighted by atomic mass is 32.2. The molecule has 2 rings (SSSR count). The number of hydrogen-bond acceptors (Lipinski definition) is 4. The van der Waals surface area contributed by atoms with E-state index in [9.17, 15) is 13.2 Å². The molecule has 0 aromatic heterocycles. The highest BCUT2D eigenvalue weighted by Gasteiger charge is 2.29. The number of nitrogens with one attached hydrogen (secondary N) is 1. The van der Waals surface area contributed by atoms with Crippen molar-refractivity contribution in [1.82, 2.24) is 5.32 Å². The molecule has 2 aromatic rings. The summed E-state index contributed by atoms with van der Waals surface area (Å²) in [5.74, 6) is 0.341. The summed E-state index contributed by atoms with van der Waals surface area (Å²) in [6.45, 7) is 7.71. The molecule has 7 heteroatoms. The molecule has 0 saturated carbocycles. The summed E-state index contributed by atoms with van der Waals surface area (Å²) in [4.78, 5) is 12.7. The molecule has 2 aromatic carbocycles. The fourth-order valence-corrected chi connectivity index (χ4v) is 4.12. The molecule has 0 aliphatic heterocycles. The van der Waals surface area contributed by atoms with Crippen molar-refractivity contribution in [2.45, 2.75) is 46.2 Å². The average molecular weight is 419 g/mol. The lowest BCUT2D eigenvalue weighted by molar-refractivity contribution is -0.122. The van der Waals surface area contributed by atoms with Gasteiger partial charge in [0.2, 0.25) is 15.9 Å². The molecule has 0 aliphatic carbocycles. The number of benzene rings is 2. The number of anilines is 1. The summed E-state index contributed by atoms with van der Waals surface area (Å²) < 4.78 is 31.6. The van der Waals surface area contributed by atoms with Gasteiger partial charge in [0, 0.05) is 0 Å². The molecule has 1 amide bonds. The van der Waals surface area contributed by atoms with Gasteiger partial charge >= 0.3 is 0 Å². The molecular formula is C22H30N2O4S. The molecular weight excluding hydrogens is 388 g/mol. The second-order valence-corrected chi connectivity index (χ2v) is 9.15. The predicted molar refractivity (Wildman–Crippen MR) is 117 cm³/mol. The number of nitrogens with zero attached hydrogens (tertiary/aromatic N) is 1. The molecule has 29 heavy (non-hydrogen) atoms. The van der Waals surface area contributed by atoms with Gasteiger partial charge in [0.25, 0.3) is 0 Å². The van der Waals surface area contributed by atoms with E-state index in [-0.39, 0.29) is 18.6 Å². The number of amides is 1. The Morgan fingerprint density at radius 3 is 2.17 bits per heavy atom. The molecule has 0 aliphatic rings. The topological polar surface area (TPSA) is 75.7 Å². The first-order valence-corrected chi connectivity index (χ1v) is 11.5. The molecule has 6 nitrogen and oxygen atoms in total. The zero-order chi connectivity index (χ0) is 21.6. The van der Waals surface area contributed by atoms with Crippen LogP contribution in [0.3, 0.4) is 0 Å². The van der Waals surface area contributed by atoms with Gasteiger partial charge in [-0.2, -0.15) is 0 Å². The van der Waals surface area contributed by atoms with Crippen LogP contribution in [0.15, 0.2) is 48.5 Å². The maximum atomic E-state index is 12.7. The molecule has 0 bridgehead atoms. The van der Waals surface area contributed by atoms with Gasteiger partial charge in [0.05, 0.1) is 18.0 Å². The lowest BCUT2D eigenvalue weighted by atomic mass is 10.1. The molecule has 0 spiro atoms. The van der Waals surface area contributed by atoms with Crippen LogP contribution in [0.25, 0.3) is 0 Å². The summed E-state index contributed by atoms with van der Waals surface area (Å²) in [5, 5.41) is 2.84. The van der Waals surface area contributed by atoms with Gasteiger partial charge in [-0.1, -0.05) is 36.8 Å². The summed E-state index contributed by atoms with van der Waals surface area (Å²) in [6.07, 6.45) is 1.96. The molecule has 158 valence electrons. The smallest absolute Gasteiger partial charge is 0.243 e. The lowest BCUT2D eigenvalue weighted by Crippen LogP contribution is -2.50. The Morgan fingerprint density at radius 2 is 1.66 bits per heavy atom. The molecule has 0 unspecified atom stereocenters. The van der Waals surface area contributed by atoms with E-state index < -0.39 is 16.1 Å². The number of rotatable bonds is 9. The summed E-state index contributed by atoms with van der Waals surface area (Å²) >= 11 is 0. The van der Waals surface area contributed by atoms with Gasteiger partial charge in [-0.15, -0.1) is 0 Å². The number of sulfonamides is 1. The van der Waals surface area contributed by atoms with E-state index >= 15 is 0 Å². The van der Waals surface area contributed by atoms with Gasteiger partial charge in [-0.05, 0) is 57.0 Å². The SMILES string of the molecule is CCc1ccc(N([C@@H](C)C(=O)N[C@@H](C)COc2ccc(C)cc2)S(C)(=O)=O)cc1. The van der Waals surface area contributed by atoms with E-state index in [1.807, 2.05) is 57.2 Å².